The molecule has 0 bridgehead atoms. The van der Waals surface area contributed by atoms with Gasteiger partial charge in [0.15, 0.2) is 11.6 Å². The normalized spacial score (nSPS) is 12.2. The molecule has 220 valence electrons. The lowest BCUT2D eigenvalue weighted by molar-refractivity contribution is -0.139. The van der Waals surface area contributed by atoms with Crippen LogP contribution in [0.5, 0.6) is 0 Å². The number of rotatable bonds is 13. The number of aliphatic carboxylic acids is 1. The first-order valence-electron chi connectivity index (χ1n) is 14.5. The van der Waals surface area contributed by atoms with E-state index in [1.807, 2.05) is 36.4 Å². The Labute approximate surface area is 246 Å². The highest BCUT2D eigenvalue weighted by Crippen LogP contribution is 2.23. The summed E-state index contributed by atoms with van der Waals surface area (Å²) in [5.41, 5.74) is 3.78. The molecular formula is C32H39N7O3. The standard InChI is InChI=1S/C32H39N7O3/c1-5-6-7-8-9-18-39-29(36-37-38-39)25-20-33-28(34-21-25)23-12-10-22(11-13-23)19-27(31(41)42)35-30(40)24-14-16-26(17-15-24)32(2,3)4/h10-17,20-21,27H,5-9,18-19H2,1-4H3,(H,35,40)(H,41,42). The van der Waals surface area contributed by atoms with E-state index in [9.17, 15) is 14.7 Å². The lowest BCUT2D eigenvalue weighted by Gasteiger charge is -2.19. The molecule has 0 aliphatic carbocycles. The predicted octanol–water partition coefficient (Wildman–Crippen LogP) is 5.49. The molecule has 0 fully saturated rings. The van der Waals surface area contributed by atoms with Crippen LogP contribution in [0, 0.1) is 0 Å². The second-order valence-electron chi connectivity index (χ2n) is 11.5. The van der Waals surface area contributed by atoms with Gasteiger partial charge in [0, 0.05) is 36.5 Å². The van der Waals surface area contributed by atoms with Gasteiger partial charge >= 0.3 is 5.97 Å². The van der Waals surface area contributed by atoms with Crippen molar-refractivity contribution in [1.29, 1.82) is 0 Å². The minimum Gasteiger partial charge on any atom is -0.480 e. The van der Waals surface area contributed by atoms with Crippen LogP contribution in [0.3, 0.4) is 0 Å². The second-order valence-corrected chi connectivity index (χ2v) is 11.5. The molecule has 0 saturated carbocycles. The van der Waals surface area contributed by atoms with Crippen molar-refractivity contribution >= 4 is 11.9 Å². The van der Waals surface area contributed by atoms with Crippen molar-refractivity contribution in [3.05, 3.63) is 77.6 Å². The van der Waals surface area contributed by atoms with E-state index in [0.717, 1.165) is 41.6 Å². The van der Waals surface area contributed by atoms with Crippen molar-refractivity contribution in [3.63, 3.8) is 0 Å². The molecule has 2 aromatic heterocycles. The van der Waals surface area contributed by atoms with Crippen LogP contribution in [0.1, 0.15) is 81.3 Å². The van der Waals surface area contributed by atoms with Gasteiger partial charge in [-0.15, -0.1) is 5.10 Å². The van der Waals surface area contributed by atoms with E-state index >= 15 is 0 Å². The number of nitrogens with one attached hydrogen (secondary N) is 1. The lowest BCUT2D eigenvalue weighted by atomic mass is 9.86. The van der Waals surface area contributed by atoms with E-state index in [1.165, 1.54) is 19.3 Å². The van der Waals surface area contributed by atoms with Gasteiger partial charge < -0.3 is 10.4 Å². The minimum atomic E-state index is -1.10. The summed E-state index contributed by atoms with van der Waals surface area (Å²) >= 11 is 0. The summed E-state index contributed by atoms with van der Waals surface area (Å²) in [6.07, 6.45) is 9.37. The van der Waals surface area contributed by atoms with Crippen molar-refractivity contribution in [3.8, 4) is 22.8 Å². The zero-order valence-corrected chi connectivity index (χ0v) is 24.7. The molecule has 0 saturated heterocycles. The monoisotopic (exact) mass is 569 g/mol. The summed E-state index contributed by atoms with van der Waals surface area (Å²) in [5.74, 6) is -0.346. The van der Waals surface area contributed by atoms with Gasteiger partial charge in [0.2, 0.25) is 0 Å². The zero-order chi connectivity index (χ0) is 30.1. The number of carboxylic acids is 1. The molecule has 4 rings (SSSR count). The van der Waals surface area contributed by atoms with Gasteiger partial charge in [0.1, 0.15) is 6.04 Å². The molecule has 10 heteroatoms. The minimum absolute atomic E-state index is 0.0382. The number of tetrazole rings is 1. The molecule has 1 atom stereocenters. The molecule has 1 amide bonds. The summed E-state index contributed by atoms with van der Waals surface area (Å²) in [6.45, 7) is 9.23. The molecule has 1 unspecified atom stereocenters. The second kappa shape index (κ2) is 13.9. The maximum Gasteiger partial charge on any atom is 0.326 e. The largest absolute Gasteiger partial charge is 0.480 e. The van der Waals surface area contributed by atoms with Crippen LogP contribution in [-0.2, 0) is 23.2 Å². The van der Waals surface area contributed by atoms with Gasteiger partial charge in [-0.2, -0.15) is 0 Å². The highest BCUT2D eigenvalue weighted by Gasteiger charge is 2.22. The van der Waals surface area contributed by atoms with Crippen molar-refractivity contribution in [2.75, 3.05) is 0 Å². The topological polar surface area (TPSA) is 136 Å². The fourth-order valence-electron chi connectivity index (χ4n) is 4.61. The number of aryl methyl sites for hydroxylation is 1. The van der Waals surface area contributed by atoms with Crippen molar-refractivity contribution < 1.29 is 14.7 Å². The van der Waals surface area contributed by atoms with Crippen LogP contribution in [0.15, 0.2) is 60.9 Å². The third-order valence-corrected chi connectivity index (χ3v) is 7.18. The first-order valence-corrected chi connectivity index (χ1v) is 14.5. The van der Waals surface area contributed by atoms with E-state index in [2.05, 4.69) is 58.5 Å². The molecule has 2 aromatic carbocycles. The zero-order valence-electron chi connectivity index (χ0n) is 24.7. The van der Waals surface area contributed by atoms with Gasteiger partial charge in [-0.05, 0) is 45.5 Å². The Morgan fingerprint density at radius 3 is 2.19 bits per heavy atom. The van der Waals surface area contributed by atoms with Crippen molar-refractivity contribution in [2.45, 2.75) is 84.2 Å². The first kappa shape index (κ1) is 30.5. The van der Waals surface area contributed by atoms with E-state index < -0.39 is 17.9 Å². The Balaban J connectivity index is 1.37. The molecule has 2 heterocycles. The Morgan fingerprint density at radius 2 is 1.57 bits per heavy atom. The third-order valence-electron chi connectivity index (χ3n) is 7.18. The average Bonchev–Trinajstić information content (AvgIpc) is 3.45. The fourth-order valence-corrected chi connectivity index (χ4v) is 4.61. The summed E-state index contributed by atoms with van der Waals surface area (Å²) in [6, 6.07) is 13.5. The molecule has 0 radical (unpaired) electrons. The number of hydrogen-bond donors (Lipinski definition) is 2. The van der Waals surface area contributed by atoms with Crippen LogP contribution in [0.25, 0.3) is 22.8 Å². The number of unbranched alkanes of at least 4 members (excludes halogenated alkanes) is 4. The van der Waals surface area contributed by atoms with Gasteiger partial charge in [-0.25, -0.2) is 19.4 Å². The summed E-state index contributed by atoms with van der Waals surface area (Å²) in [7, 11) is 0. The summed E-state index contributed by atoms with van der Waals surface area (Å²) in [4.78, 5) is 33.7. The Hall–Kier alpha value is -4.47. The molecular weight excluding hydrogens is 530 g/mol. The molecule has 2 N–H and O–H groups in total. The number of hydrogen-bond acceptors (Lipinski definition) is 7. The Kier molecular flexibility index (Phi) is 10.1. The van der Waals surface area contributed by atoms with Gasteiger partial charge in [-0.3, -0.25) is 4.79 Å². The van der Waals surface area contributed by atoms with Gasteiger partial charge in [-0.1, -0.05) is 89.8 Å². The first-order chi connectivity index (χ1) is 20.2. The lowest BCUT2D eigenvalue weighted by Crippen LogP contribution is -2.42. The van der Waals surface area contributed by atoms with Crippen LogP contribution >= 0.6 is 0 Å². The van der Waals surface area contributed by atoms with Crippen LogP contribution in [0.2, 0.25) is 0 Å². The van der Waals surface area contributed by atoms with E-state index in [4.69, 9.17) is 0 Å². The average molecular weight is 570 g/mol. The number of carbonyl (C=O) groups is 2. The molecule has 10 nitrogen and oxygen atoms in total. The maximum atomic E-state index is 12.8. The number of carbonyl (C=O) groups excluding carboxylic acids is 1. The molecule has 42 heavy (non-hydrogen) atoms. The highest BCUT2D eigenvalue weighted by molar-refractivity contribution is 5.96. The summed E-state index contributed by atoms with van der Waals surface area (Å²) < 4.78 is 1.79. The molecule has 4 aromatic rings. The fraction of sp³-hybridized carbons (Fsp3) is 0.406. The number of amides is 1. The van der Waals surface area contributed by atoms with Gasteiger partial charge in [0.05, 0.1) is 5.56 Å². The quantitative estimate of drug-likeness (QED) is 0.202. The highest BCUT2D eigenvalue weighted by atomic mass is 16.4. The maximum absolute atomic E-state index is 12.8. The third kappa shape index (κ3) is 8.05. The molecule has 0 aliphatic heterocycles. The summed E-state index contributed by atoms with van der Waals surface area (Å²) in [5, 5.41) is 24.5. The van der Waals surface area contributed by atoms with E-state index in [0.29, 0.717) is 17.2 Å². The number of carboxylic acid groups (broad SMARTS) is 1. The molecule has 0 aliphatic rings. The smallest absolute Gasteiger partial charge is 0.326 e. The van der Waals surface area contributed by atoms with Gasteiger partial charge in [0.25, 0.3) is 5.91 Å². The number of benzene rings is 2. The number of nitrogens with zero attached hydrogens (tertiary/aromatic N) is 6. The van der Waals surface area contributed by atoms with Crippen LogP contribution < -0.4 is 5.32 Å². The van der Waals surface area contributed by atoms with Crippen LogP contribution in [0.4, 0.5) is 0 Å². The molecule has 0 spiro atoms. The Bertz CT molecular complexity index is 1460. The Morgan fingerprint density at radius 1 is 0.905 bits per heavy atom. The van der Waals surface area contributed by atoms with Crippen LogP contribution in [-0.4, -0.2) is 53.2 Å². The predicted molar refractivity (Wildman–Crippen MR) is 161 cm³/mol. The van der Waals surface area contributed by atoms with E-state index in [-0.39, 0.29) is 11.8 Å². The van der Waals surface area contributed by atoms with Crippen molar-refractivity contribution in [2.24, 2.45) is 0 Å². The SMILES string of the molecule is CCCCCCCn1nnnc1-c1cnc(-c2ccc(CC(NC(=O)c3ccc(C(C)(C)C)cc3)C(=O)O)cc2)nc1. The van der Waals surface area contributed by atoms with E-state index in [1.54, 1.807) is 29.2 Å². The van der Waals surface area contributed by atoms with Crippen molar-refractivity contribution in [1.82, 2.24) is 35.5 Å². The number of aromatic nitrogens is 6.